The van der Waals surface area contributed by atoms with Crippen molar-refractivity contribution in [2.24, 2.45) is 0 Å². The van der Waals surface area contributed by atoms with Crippen LogP contribution in [0.4, 0.5) is 5.69 Å². The topological polar surface area (TPSA) is 69.7 Å². The van der Waals surface area contributed by atoms with Gasteiger partial charge in [-0.05, 0) is 42.3 Å². The van der Waals surface area contributed by atoms with E-state index in [0.29, 0.717) is 31.2 Å². The lowest BCUT2D eigenvalue weighted by Gasteiger charge is -2.33. The van der Waals surface area contributed by atoms with Gasteiger partial charge in [0.25, 0.3) is 0 Å². The smallest absolute Gasteiger partial charge is 0.243 e. The number of amides is 1. The van der Waals surface area contributed by atoms with Gasteiger partial charge in [0, 0.05) is 36.9 Å². The third-order valence-electron chi connectivity index (χ3n) is 4.78. The number of carbonyl (C=O) groups excluding carboxylic acids is 1. The minimum absolute atomic E-state index is 0.101. The fraction of sp³-hybridized carbons (Fsp3) is 0.350. The molecule has 2 aromatic carbocycles. The van der Waals surface area contributed by atoms with E-state index in [0.717, 1.165) is 12.1 Å². The molecule has 1 amide bonds. The molecule has 1 heterocycles. The average molecular weight is 422 g/mol. The minimum Gasteiger partial charge on any atom is -0.325 e. The summed E-state index contributed by atoms with van der Waals surface area (Å²) in [5.74, 6) is -0.101. The van der Waals surface area contributed by atoms with E-state index in [2.05, 4.69) is 12.2 Å². The van der Waals surface area contributed by atoms with Gasteiger partial charge in [-0.3, -0.25) is 9.69 Å². The van der Waals surface area contributed by atoms with Crippen LogP contribution >= 0.6 is 11.6 Å². The fourth-order valence-electron chi connectivity index (χ4n) is 3.13. The number of anilines is 1. The number of piperazine rings is 1. The van der Waals surface area contributed by atoms with Crippen molar-refractivity contribution in [2.45, 2.75) is 18.2 Å². The summed E-state index contributed by atoms with van der Waals surface area (Å²) < 4.78 is 26.9. The number of sulfonamides is 1. The molecule has 1 fully saturated rings. The van der Waals surface area contributed by atoms with Gasteiger partial charge < -0.3 is 5.32 Å². The van der Waals surface area contributed by atoms with Gasteiger partial charge in [-0.2, -0.15) is 4.31 Å². The first-order valence-electron chi connectivity index (χ1n) is 9.25. The Morgan fingerprint density at radius 1 is 1.07 bits per heavy atom. The predicted octanol–water partition coefficient (Wildman–Crippen LogP) is 2.85. The van der Waals surface area contributed by atoms with Crippen molar-refractivity contribution >= 4 is 33.2 Å². The van der Waals surface area contributed by atoms with Crippen molar-refractivity contribution in [1.29, 1.82) is 0 Å². The predicted molar refractivity (Wildman–Crippen MR) is 111 cm³/mol. The number of hydrogen-bond acceptors (Lipinski definition) is 4. The molecule has 0 aromatic heterocycles. The minimum atomic E-state index is -3.57. The molecule has 1 saturated heterocycles. The standard InChI is InChI=1S/C20H24ClN3O3S/c1-2-16-6-8-18(9-7-16)22-20(25)15-23-10-12-24(13-11-23)28(26,27)19-5-3-4-17(21)14-19/h3-9,14H,2,10-13,15H2,1H3,(H,22,25). The van der Waals surface area contributed by atoms with Gasteiger partial charge in [-0.25, -0.2) is 8.42 Å². The number of aryl methyl sites for hydroxylation is 1. The Balaban J connectivity index is 1.52. The third kappa shape index (κ3) is 5.11. The summed E-state index contributed by atoms with van der Waals surface area (Å²) in [5, 5.41) is 3.28. The SMILES string of the molecule is CCc1ccc(NC(=O)CN2CCN(S(=O)(=O)c3cccc(Cl)c3)CC2)cc1. The molecule has 0 radical (unpaired) electrons. The summed E-state index contributed by atoms with van der Waals surface area (Å²) in [6.07, 6.45) is 0.955. The Kier molecular flexibility index (Phi) is 6.72. The summed E-state index contributed by atoms with van der Waals surface area (Å²) in [6, 6.07) is 14.1. The molecule has 2 aromatic rings. The molecule has 28 heavy (non-hydrogen) atoms. The largest absolute Gasteiger partial charge is 0.325 e. The van der Waals surface area contributed by atoms with Crippen LogP contribution in [0.3, 0.4) is 0 Å². The highest BCUT2D eigenvalue weighted by molar-refractivity contribution is 7.89. The molecule has 0 bridgehead atoms. The monoisotopic (exact) mass is 421 g/mol. The van der Waals surface area contributed by atoms with Gasteiger partial charge in [0.2, 0.25) is 15.9 Å². The zero-order valence-electron chi connectivity index (χ0n) is 15.8. The molecule has 1 N–H and O–H groups in total. The van der Waals surface area contributed by atoms with Crippen molar-refractivity contribution in [1.82, 2.24) is 9.21 Å². The van der Waals surface area contributed by atoms with E-state index < -0.39 is 10.0 Å². The van der Waals surface area contributed by atoms with Crippen LogP contribution in [0.25, 0.3) is 0 Å². The highest BCUT2D eigenvalue weighted by atomic mass is 35.5. The van der Waals surface area contributed by atoms with Gasteiger partial charge in [-0.15, -0.1) is 0 Å². The van der Waals surface area contributed by atoms with Crippen LogP contribution in [0.5, 0.6) is 0 Å². The van der Waals surface area contributed by atoms with Gasteiger partial charge in [0.15, 0.2) is 0 Å². The van der Waals surface area contributed by atoms with E-state index in [1.165, 1.54) is 15.9 Å². The molecule has 0 spiro atoms. The Bertz CT molecular complexity index is 924. The van der Waals surface area contributed by atoms with E-state index in [1.54, 1.807) is 18.2 Å². The van der Waals surface area contributed by atoms with E-state index in [4.69, 9.17) is 11.6 Å². The van der Waals surface area contributed by atoms with Crippen LogP contribution in [0.2, 0.25) is 5.02 Å². The van der Waals surface area contributed by atoms with Gasteiger partial charge in [-0.1, -0.05) is 36.7 Å². The van der Waals surface area contributed by atoms with E-state index >= 15 is 0 Å². The molecule has 150 valence electrons. The molecule has 1 aliphatic rings. The van der Waals surface area contributed by atoms with Crippen LogP contribution in [-0.4, -0.2) is 56.3 Å². The van der Waals surface area contributed by atoms with Crippen LogP contribution < -0.4 is 5.32 Å². The Morgan fingerprint density at radius 2 is 1.75 bits per heavy atom. The number of rotatable bonds is 6. The summed E-state index contributed by atoms with van der Waals surface area (Å²) in [6.45, 7) is 4.00. The molecule has 8 heteroatoms. The first kappa shape index (κ1) is 20.8. The van der Waals surface area contributed by atoms with E-state index in [1.807, 2.05) is 29.2 Å². The summed E-state index contributed by atoms with van der Waals surface area (Å²) in [7, 11) is -3.57. The van der Waals surface area contributed by atoms with Crippen molar-refractivity contribution in [3.8, 4) is 0 Å². The lowest BCUT2D eigenvalue weighted by Crippen LogP contribution is -2.50. The lowest BCUT2D eigenvalue weighted by atomic mass is 10.1. The molecule has 1 aliphatic heterocycles. The maximum Gasteiger partial charge on any atom is 0.243 e. The average Bonchev–Trinajstić information content (AvgIpc) is 2.69. The molecule has 0 saturated carbocycles. The second-order valence-electron chi connectivity index (χ2n) is 6.74. The van der Waals surface area contributed by atoms with E-state index in [9.17, 15) is 13.2 Å². The molecule has 0 unspecified atom stereocenters. The number of carbonyl (C=O) groups is 1. The summed E-state index contributed by atoms with van der Waals surface area (Å²) >= 11 is 5.92. The number of benzene rings is 2. The normalized spacial score (nSPS) is 16.1. The summed E-state index contributed by atoms with van der Waals surface area (Å²) in [5.41, 5.74) is 1.99. The number of halogens is 1. The van der Waals surface area contributed by atoms with Crippen LogP contribution in [0.15, 0.2) is 53.4 Å². The molecule has 6 nitrogen and oxygen atoms in total. The molecule has 0 atom stereocenters. The first-order chi connectivity index (χ1) is 13.4. The van der Waals surface area contributed by atoms with E-state index in [-0.39, 0.29) is 17.3 Å². The fourth-order valence-corrected chi connectivity index (χ4v) is 4.86. The Labute approximate surface area is 171 Å². The molecule has 3 rings (SSSR count). The van der Waals surface area contributed by atoms with Crippen molar-refractivity contribution in [2.75, 3.05) is 38.0 Å². The first-order valence-corrected chi connectivity index (χ1v) is 11.1. The van der Waals surface area contributed by atoms with Gasteiger partial charge >= 0.3 is 0 Å². The molecule has 0 aliphatic carbocycles. The maximum absolute atomic E-state index is 12.7. The number of hydrogen-bond donors (Lipinski definition) is 1. The Morgan fingerprint density at radius 3 is 2.36 bits per heavy atom. The quantitative estimate of drug-likeness (QED) is 0.778. The maximum atomic E-state index is 12.7. The summed E-state index contributed by atoms with van der Waals surface area (Å²) in [4.78, 5) is 14.4. The van der Waals surface area contributed by atoms with Crippen LogP contribution in [0, 0.1) is 0 Å². The highest BCUT2D eigenvalue weighted by Gasteiger charge is 2.29. The second kappa shape index (κ2) is 9.05. The molecular formula is C20H24ClN3O3S. The number of nitrogens with zero attached hydrogens (tertiary/aromatic N) is 2. The third-order valence-corrected chi connectivity index (χ3v) is 6.91. The zero-order valence-corrected chi connectivity index (χ0v) is 17.3. The lowest BCUT2D eigenvalue weighted by molar-refractivity contribution is -0.117. The van der Waals surface area contributed by atoms with Crippen LogP contribution in [-0.2, 0) is 21.2 Å². The van der Waals surface area contributed by atoms with Crippen molar-refractivity contribution < 1.29 is 13.2 Å². The second-order valence-corrected chi connectivity index (χ2v) is 9.11. The van der Waals surface area contributed by atoms with Crippen LogP contribution in [0.1, 0.15) is 12.5 Å². The highest BCUT2D eigenvalue weighted by Crippen LogP contribution is 2.21. The Hall–Kier alpha value is -1.93. The van der Waals surface area contributed by atoms with Gasteiger partial charge in [0.1, 0.15) is 0 Å². The van der Waals surface area contributed by atoms with Crippen molar-refractivity contribution in [3.63, 3.8) is 0 Å². The zero-order chi connectivity index (χ0) is 20.1. The molecular weight excluding hydrogens is 398 g/mol. The van der Waals surface area contributed by atoms with Gasteiger partial charge in [0.05, 0.1) is 11.4 Å². The van der Waals surface area contributed by atoms with Crippen molar-refractivity contribution in [3.05, 3.63) is 59.1 Å². The number of nitrogens with one attached hydrogen (secondary N) is 1.